The first-order chi connectivity index (χ1) is 8.03. The fourth-order valence-electron chi connectivity index (χ4n) is 2.58. The summed E-state index contributed by atoms with van der Waals surface area (Å²) in [6, 6.07) is 0. The molecule has 0 aliphatic heterocycles. The summed E-state index contributed by atoms with van der Waals surface area (Å²) in [6.07, 6.45) is 2.31. The van der Waals surface area contributed by atoms with Gasteiger partial charge in [-0.3, -0.25) is 4.79 Å². The number of alkyl halides is 1. The van der Waals surface area contributed by atoms with Crippen LogP contribution >= 0.6 is 12.0 Å². The predicted octanol–water partition coefficient (Wildman–Crippen LogP) is 2.13. The van der Waals surface area contributed by atoms with E-state index in [4.69, 9.17) is 9.99 Å². The SMILES string of the molecule is CC(F)(COC1C(=O)C2CCC1C2)SOOO. The van der Waals surface area contributed by atoms with Gasteiger partial charge in [-0.05, 0) is 32.1 Å². The molecule has 2 fully saturated rings. The van der Waals surface area contributed by atoms with Crippen LogP contribution in [0.2, 0.25) is 0 Å². The molecule has 4 unspecified atom stereocenters. The molecule has 2 saturated carbocycles. The highest BCUT2D eigenvalue weighted by molar-refractivity contribution is 7.95. The van der Waals surface area contributed by atoms with Crippen LogP contribution in [0.25, 0.3) is 0 Å². The van der Waals surface area contributed by atoms with E-state index in [1.54, 1.807) is 0 Å². The number of halogens is 1. The van der Waals surface area contributed by atoms with E-state index in [1.807, 2.05) is 0 Å². The van der Waals surface area contributed by atoms with Gasteiger partial charge < -0.3 is 4.74 Å². The van der Waals surface area contributed by atoms with Crippen molar-refractivity contribution in [1.82, 2.24) is 0 Å². The molecule has 17 heavy (non-hydrogen) atoms. The maximum Gasteiger partial charge on any atom is 0.204 e. The summed E-state index contributed by atoms with van der Waals surface area (Å²) in [7, 11) is 0. The topological polar surface area (TPSA) is 65.0 Å². The van der Waals surface area contributed by atoms with E-state index >= 15 is 0 Å². The molecule has 4 atom stereocenters. The second-order valence-corrected chi connectivity index (χ2v) is 5.89. The van der Waals surface area contributed by atoms with Crippen molar-refractivity contribution in [3.05, 3.63) is 0 Å². The highest BCUT2D eigenvalue weighted by Crippen LogP contribution is 2.44. The summed E-state index contributed by atoms with van der Waals surface area (Å²) in [4.78, 5) is 11.7. The number of hydrogen-bond acceptors (Lipinski definition) is 6. The van der Waals surface area contributed by atoms with E-state index in [2.05, 4.69) is 9.37 Å². The van der Waals surface area contributed by atoms with Gasteiger partial charge in [0.05, 0.1) is 18.6 Å². The number of hydrogen-bond donors (Lipinski definition) is 1. The molecule has 0 amide bonds. The standard InChI is InChI=1S/C10H15FO5S/c1-10(11,17-16-15-13)5-14-9-7-3-2-6(4-7)8(9)12/h6-7,9,13H,2-5H2,1H3. The Morgan fingerprint density at radius 1 is 1.59 bits per heavy atom. The molecule has 1 N–H and O–H groups in total. The highest BCUT2D eigenvalue weighted by Gasteiger charge is 2.48. The summed E-state index contributed by atoms with van der Waals surface area (Å²) in [5.41, 5.74) is 0. The number of carbonyl (C=O) groups excluding carboxylic acids is 1. The maximum absolute atomic E-state index is 13.7. The summed E-state index contributed by atoms with van der Waals surface area (Å²) in [5.74, 6) is 0.449. The zero-order chi connectivity index (χ0) is 12.5. The molecule has 0 saturated heterocycles. The monoisotopic (exact) mass is 266 g/mol. The van der Waals surface area contributed by atoms with Gasteiger partial charge in [-0.15, -0.1) is 4.33 Å². The van der Waals surface area contributed by atoms with Gasteiger partial charge in [0.1, 0.15) is 6.10 Å². The maximum atomic E-state index is 13.7. The van der Waals surface area contributed by atoms with Crippen LogP contribution in [-0.2, 0) is 18.9 Å². The third-order valence-electron chi connectivity index (χ3n) is 3.34. The van der Waals surface area contributed by atoms with Crippen LogP contribution in [0.1, 0.15) is 26.2 Å². The fraction of sp³-hybridized carbons (Fsp3) is 0.900. The lowest BCUT2D eigenvalue weighted by Gasteiger charge is -2.24. The van der Waals surface area contributed by atoms with Crippen LogP contribution in [0.5, 0.6) is 0 Å². The lowest BCUT2D eigenvalue weighted by atomic mass is 9.96. The summed E-state index contributed by atoms with van der Waals surface area (Å²) >= 11 is 0.308. The molecule has 0 radical (unpaired) electrons. The molecule has 2 aliphatic rings. The van der Waals surface area contributed by atoms with E-state index in [-0.39, 0.29) is 24.2 Å². The molecule has 0 heterocycles. The molecule has 0 spiro atoms. The minimum Gasteiger partial charge on any atom is -0.366 e. The van der Waals surface area contributed by atoms with E-state index in [0.717, 1.165) is 19.3 Å². The van der Waals surface area contributed by atoms with Gasteiger partial charge in [-0.25, -0.2) is 9.65 Å². The van der Waals surface area contributed by atoms with Crippen molar-refractivity contribution < 1.29 is 28.6 Å². The molecule has 0 aromatic heterocycles. The summed E-state index contributed by atoms with van der Waals surface area (Å²) in [6.45, 7) is 0.953. The van der Waals surface area contributed by atoms with E-state index in [0.29, 0.717) is 12.0 Å². The van der Waals surface area contributed by atoms with Crippen LogP contribution in [0.4, 0.5) is 4.39 Å². The van der Waals surface area contributed by atoms with E-state index < -0.39 is 11.1 Å². The minimum absolute atomic E-state index is 0.0985. The molecule has 98 valence electrons. The van der Waals surface area contributed by atoms with Crippen molar-refractivity contribution in [3.63, 3.8) is 0 Å². The van der Waals surface area contributed by atoms with Crippen LogP contribution < -0.4 is 0 Å². The summed E-state index contributed by atoms with van der Waals surface area (Å²) in [5, 5.41) is 9.38. The van der Waals surface area contributed by atoms with E-state index in [1.165, 1.54) is 6.92 Å². The third-order valence-corrected chi connectivity index (χ3v) is 3.94. The number of ketones is 1. The van der Waals surface area contributed by atoms with Crippen molar-refractivity contribution in [2.75, 3.05) is 6.61 Å². The molecule has 2 rings (SSSR count). The van der Waals surface area contributed by atoms with Crippen molar-refractivity contribution in [2.24, 2.45) is 11.8 Å². The first-order valence-electron chi connectivity index (χ1n) is 5.53. The smallest absolute Gasteiger partial charge is 0.204 e. The average molecular weight is 266 g/mol. The third kappa shape index (κ3) is 2.97. The average Bonchev–Trinajstić information content (AvgIpc) is 2.85. The van der Waals surface area contributed by atoms with Gasteiger partial charge in [0.25, 0.3) is 0 Å². The lowest BCUT2D eigenvalue weighted by molar-refractivity contribution is -0.433. The van der Waals surface area contributed by atoms with Gasteiger partial charge in [0.15, 0.2) is 5.78 Å². The van der Waals surface area contributed by atoms with Gasteiger partial charge in [-0.1, -0.05) is 5.04 Å². The number of carbonyl (C=O) groups is 1. The normalized spacial score (nSPS) is 35.2. The highest BCUT2D eigenvalue weighted by atomic mass is 32.2. The predicted molar refractivity (Wildman–Crippen MR) is 57.5 cm³/mol. The Morgan fingerprint density at radius 2 is 2.35 bits per heavy atom. The van der Waals surface area contributed by atoms with Crippen LogP contribution in [0, 0.1) is 11.8 Å². The zero-order valence-corrected chi connectivity index (χ0v) is 10.2. The molecular formula is C10H15FO5S. The number of ether oxygens (including phenoxy) is 1. The van der Waals surface area contributed by atoms with Crippen molar-refractivity contribution in [2.45, 2.75) is 37.3 Å². The van der Waals surface area contributed by atoms with Gasteiger partial charge in [-0.2, -0.15) is 0 Å². The Kier molecular flexibility index (Phi) is 4.04. The zero-order valence-electron chi connectivity index (χ0n) is 9.43. The molecule has 0 aromatic rings. The van der Waals surface area contributed by atoms with Crippen LogP contribution in [0.15, 0.2) is 0 Å². The van der Waals surface area contributed by atoms with Gasteiger partial charge in [0.2, 0.25) is 5.00 Å². The Bertz CT molecular complexity index is 298. The van der Waals surface area contributed by atoms with Crippen LogP contribution in [0.3, 0.4) is 0 Å². The van der Waals surface area contributed by atoms with Gasteiger partial charge >= 0.3 is 0 Å². The fourth-order valence-corrected chi connectivity index (χ4v) is 2.87. The van der Waals surface area contributed by atoms with Gasteiger partial charge in [0, 0.05) is 5.92 Å². The van der Waals surface area contributed by atoms with Crippen molar-refractivity contribution >= 4 is 17.8 Å². The molecule has 2 bridgehead atoms. The Morgan fingerprint density at radius 3 is 2.94 bits per heavy atom. The second-order valence-electron chi connectivity index (χ2n) is 4.73. The lowest BCUT2D eigenvalue weighted by Crippen LogP contribution is -2.34. The van der Waals surface area contributed by atoms with Crippen LogP contribution in [-0.4, -0.2) is 28.8 Å². The largest absolute Gasteiger partial charge is 0.366 e. The molecular weight excluding hydrogens is 251 g/mol. The Labute approximate surface area is 103 Å². The number of fused-ring (bicyclic) bond motifs is 2. The first kappa shape index (κ1) is 13.2. The molecule has 7 heteroatoms. The number of rotatable bonds is 6. The Hall–Kier alpha value is -0.210. The Balaban J connectivity index is 1.80. The summed E-state index contributed by atoms with van der Waals surface area (Å²) < 4.78 is 23.1. The first-order valence-corrected chi connectivity index (χ1v) is 6.28. The van der Waals surface area contributed by atoms with Crippen molar-refractivity contribution in [1.29, 1.82) is 0 Å². The second kappa shape index (κ2) is 5.19. The minimum atomic E-state index is -1.87. The quantitative estimate of drug-likeness (QED) is 0.451. The van der Waals surface area contributed by atoms with E-state index in [9.17, 15) is 9.18 Å². The van der Waals surface area contributed by atoms with Crippen molar-refractivity contribution in [3.8, 4) is 0 Å². The number of Topliss-reactive ketones (excluding diaryl/α,β-unsaturated/α-hetero) is 1. The molecule has 2 aliphatic carbocycles. The molecule has 0 aromatic carbocycles. The molecule has 5 nitrogen and oxygen atoms in total.